The highest BCUT2D eigenvalue weighted by Gasteiger charge is 2.27. The normalized spacial score (nSPS) is 12.5. The molecule has 1 heterocycles. The molecule has 0 aliphatic rings. The number of benzene rings is 3. The second kappa shape index (κ2) is 9.25. The van der Waals surface area contributed by atoms with Crippen LogP contribution in [0, 0.1) is 6.92 Å². The molecular formula is C30H35N3O2S. The Kier molecular flexibility index (Phi) is 6.60. The molecule has 0 spiro atoms. The van der Waals surface area contributed by atoms with Crippen molar-refractivity contribution in [2.75, 3.05) is 5.32 Å². The molecule has 0 saturated heterocycles. The maximum Gasteiger partial charge on any atom is 0.227 e. The van der Waals surface area contributed by atoms with E-state index in [0.29, 0.717) is 5.82 Å². The lowest BCUT2D eigenvalue weighted by molar-refractivity contribution is 0.590. The minimum atomic E-state index is -3.85. The van der Waals surface area contributed by atoms with Gasteiger partial charge < -0.3 is 5.32 Å². The van der Waals surface area contributed by atoms with Crippen molar-refractivity contribution in [3.8, 4) is 5.69 Å². The van der Waals surface area contributed by atoms with Gasteiger partial charge in [-0.15, -0.1) is 0 Å². The highest BCUT2D eigenvalue weighted by Crippen LogP contribution is 2.33. The third-order valence-corrected chi connectivity index (χ3v) is 8.05. The summed E-state index contributed by atoms with van der Waals surface area (Å²) in [6, 6.07) is 23.1. The summed E-state index contributed by atoms with van der Waals surface area (Å²) in [5.41, 5.74) is 5.05. The molecule has 0 aliphatic heterocycles. The molecule has 5 nitrogen and oxygen atoms in total. The van der Waals surface area contributed by atoms with Crippen molar-refractivity contribution in [2.24, 2.45) is 0 Å². The van der Waals surface area contributed by atoms with E-state index in [0.717, 1.165) is 16.9 Å². The zero-order valence-electron chi connectivity index (χ0n) is 22.1. The fraction of sp³-hybridized carbons (Fsp3) is 0.300. The zero-order chi connectivity index (χ0) is 26.3. The van der Waals surface area contributed by atoms with Crippen molar-refractivity contribution in [1.82, 2.24) is 9.55 Å². The van der Waals surface area contributed by atoms with Gasteiger partial charge >= 0.3 is 0 Å². The zero-order valence-corrected chi connectivity index (χ0v) is 22.9. The van der Waals surface area contributed by atoms with Gasteiger partial charge in [-0.2, -0.15) is 0 Å². The minimum Gasteiger partial charge on any atom is -0.339 e. The van der Waals surface area contributed by atoms with Crippen LogP contribution in [0.2, 0.25) is 0 Å². The van der Waals surface area contributed by atoms with E-state index in [2.05, 4.69) is 76.1 Å². The van der Waals surface area contributed by atoms with Crippen LogP contribution in [0.5, 0.6) is 0 Å². The van der Waals surface area contributed by atoms with Gasteiger partial charge in [0.2, 0.25) is 14.9 Å². The van der Waals surface area contributed by atoms with Gasteiger partial charge in [0.15, 0.2) is 5.82 Å². The van der Waals surface area contributed by atoms with Crippen LogP contribution in [-0.4, -0.2) is 18.0 Å². The maximum absolute atomic E-state index is 13.7. The van der Waals surface area contributed by atoms with Crippen molar-refractivity contribution in [2.45, 2.75) is 69.2 Å². The molecule has 4 rings (SSSR count). The van der Waals surface area contributed by atoms with Crippen LogP contribution in [0.25, 0.3) is 5.69 Å². The molecule has 0 atom stereocenters. The average Bonchev–Trinajstić information content (AvgIpc) is 3.23. The van der Waals surface area contributed by atoms with Gasteiger partial charge in [0.25, 0.3) is 0 Å². The molecule has 3 aromatic carbocycles. The summed E-state index contributed by atoms with van der Waals surface area (Å²) < 4.78 is 29.1. The first-order valence-electron chi connectivity index (χ1n) is 12.1. The second-order valence-electron chi connectivity index (χ2n) is 11.3. The largest absolute Gasteiger partial charge is 0.339 e. The van der Waals surface area contributed by atoms with E-state index in [9.17, 15) is 8.42 Å². The number of imidazole rings is 1. The Hall–Kier alpha value is -3.38. The number of aryl methyl sites for hydroxylation is 1. The van der Waals surface area contributed by atoms with Gasteiger partial charge in [0, 0.05) is 11.4 Å². The number of nitrogens with zero attached hydrogens (tertiary/aromatic N) is 2. The van der Waals surface area contributed by atoms with Crippen LogP contribution < -0.4 is 5.32 Å². The lowest BCUT2D eigenvalue weighted by atomic mass is 9.87. The second-order valence-corrected chi connectivity index (χ2v) is 13.2. The quantitative estimate of drug-likeness (QED) is 0.310. The number of rotatable bonds is 5. The SMILES string of the molecule is Cc1ccc(S(=O)(=O)c2ncn(-c3ccc(C(C)(C)C)cc3)c2Nc2ccc(C(C)(C)C)cc2)cc1. The molecule has 0 radical (unpaired) electrons. The first kappa shape index (κ1) is 25.7. The first-order valence-corrected chi connectivity index (χ1v) is 13.6. The van der Waals surface area contributed by atoms with E-state index in [1.54, 1.807) is 35.2 Å². The molecule has 0 saturated carbocycles. The highest BCUT2D eigenvalue weighted by molar-refractivity contribution is 7.91. The maximum atomic E-state index is 13.7. The molecule has 1 aromatic heterocycles. The molecule has 0 amide bonds. The molecule has 0 bridgehead atoms. The van der Waals surface area contributed by atoms with Gasteiger partial charge in [0.1, 0.15) is 6.33 Å². The predicted octanol–water partition coefficient (Wildman–Crippen LogP) is 7.35. The lowest BCUT2D eigenvalue weighted by Gasteiger charge is -2.20. The monoisotopic (exact) mass is 501 g/mol. The first-order chi connectivity index (χ1) is 16.8. The van der Waals surface area contributed by atoms with Crippen molar-refractivity contribution in [3.63, 3.8) is 0 Å². The predicted molar refractivity (Wildman–Crippen MR) is 147 cm³/mol. The van der Waals surface area contributed by atoms with Crippen molar-refractivity contribution in [3.05, 3.63) is 95.8 Å². The lowest BCUT2D eigenvalue weighted by Crippen LogP contribution is -2.12. The summed E-state index contributed by atoms with van der Waals surface area (Å²) in [5.74, 6) is 0.405. The molecule has 36 heavy (non-hydrogen) atoms. The number of anilines is 2. The summed E-state index contributed by atoms with van der Waals surface area (Å²) in [4.78, 5) is 4.62. The van der Waals surface area contributed by atoms with Crippen molar-refractivity contribution >= 4 is 21.3 Å². The van der Waals surface area contributed by atoms with Crippen LogP contribution >= 0.6 is 0 Å². The standard InChI is InChI=1S/C30H35N3O2S/c1-21-8-18-26(19-9-21)36(34,35)28-27(32-24-14-10-22(11-15-24)29(2,3)4)33(20-31-28)25-16-12-23(13-17-25)30(5,6)7/h8-20,32H,1-7H3. The fourth-order valence-corrected chi connectivity index (χ4v) is 5.29. The van der Waals surface area contributed by atoms with Gasteiger partial charge in [-0.05, 0) is 65.3 Å². The van der Waals surface area contributed by atoms with Crippen molar-refractivity contribution in [1.29, 1.82) is 0 Å². The van der Waals surface area contributed by atoms with Gasteiger partial charge in [-0.25, -0.2) is 13.4 Å². The van der Waals surface area contributed by atoms with E-state index in [1.807, 2.05) is 31.2 Å². The summed E-state index contributed by atoms with van der Waals surface area (Å²) in [5, 5.41) is 3.34. The third kappa shape index (κ3) is 5.24. The van der Waals surface area contributed by atoms with Gasteiger partial charge in [0.05, 0.1) is 4.90 Å². The van der Waals surface area contributed by atoms with E-state index in [1.165, 1.54) is 11.1 Å². The number of aromatic nitrogens is 2. The molecule has 4 aromatic rings. The van der Waals surface area contributed by atoms with Crippen LogP contribution in [-0.2, 0) is 20.7 Å². The summed E-state index contributed by atoms with van der Waals surface area (Å²) in [6.45, 7) is 14.9. The summed E-state index contributed by atoms with van der Waals surface area (Å²) in [7, 11) is -3.85. The van der Waals surface area contributed by atoms with Crippen molar-refractivity contribution < 1.29 is 8.42 Å². The van der Waals surface area contributed by atoms with Crippen LogP contribution in [0.4, 0.5) is 11.5 Å². The Morgan fingerprint density at radius 1 is 0.722 bits per heavy atom. The Morgan fingerprint density at radius 2 is 1.22 bits per heavy atom. The topological polar surface area (TPSA) is 64.0 Å². The average molecular weight is 502 g/mol. The van der Waals surface area contributed by atoms with E-state index >= 15 is 0 Å². The third-order valence-electron chi connectivity index (χ3n) is 6.34. The smallest absolute Gasteiger partial charge is 0.227 e. The van der Waals surface area contributed by atoms with Crippen LogP contribution in [0.3, 0.4) is 0 Å². The molecule has 0 unspecified atom stereocenters. The number of sulfone groups is 1. The summed E-state index contributed by atoms with van der Waals surface area (Å²) >= 11 is 0. The molecule has 0 aliphatic carbocycles. The van der Waals surface area contributed by atoms with Gasteiger partial charge in [-0.1, -0.05) is 83.5 Å². The van der Waals surface area contributed by atoms with E-state index in [-0.39, 0.29) is 20.8 Å². The van der Waals surface area contributed by atoms with Gasteiger partial charge in [-0.3, -0.25) is 4.57 Å². The Labute approximate surface area is 215 Å². The number of hydrogen-bond donors (Lipinski definition) is 1. The molecule has 1 N–H and O–H groups in total. The summed E-state index contributed by atoms with van der Waals surface area (Å²) in [6.07, 6.45) is 1.57. The molecular weight excluding hydrogens is 466 g/mol. The highest BCUT2D eigenvalue weighted by atomic mass is 32.2. The number of nitrogens with one attached hydrogen (secondary N) is 1. The molecule has 6 heteroatoms. The minimum absolute atomic E-state index is 0.00820. The Balaban J connectivity index is 1.82. The molecule has 0 fully saturated rings. The van der Waals surface area contributed by atoms with Crippen LogP contribution in [0.1, 0.15) is 58.2 Å². The fourth-order valence-electron chi connectivity index (χ4n) is 3.98. The van der Waals surface area contributed by atoms with Crippen LogP contribution in [0.15, 0.2) is 89.0 Å². The van der Waals surface area contributed by atoms with E-state index in [4.69, 9.17) is 0 Å². The van der Waals surface area contributed by atoms with E-state index < -0.39 is 9.84 Å². The molecule has 188 valence electrons. The Bertz CT molecular complexity index is 1450. The number of hydrogen-bond acceptors (Lipinski definition) is 4. The Morgan fingerprint density at radius 3 is 1.72 bits per heavy atom.